The van der Waals surface area contributed by atoms with Crippen molar-refractivity contribution in [1.29, 1.82) is 0 Å². The number of nitrogens with zero attached hydrogens (tertiary/aromatic N) is 4. The number of aromatic amines is 2. The summed E-state index contributed by atoms with van der Waals surface area (Å²) in [6, 6.07) is 21.3. The molecular formula is C42H48N6O4. The third-order valence-electron chi connectivity index (χ3n) is 10.5. The summed E-state index contributed by atoms with van der Waals surface area (Å²) in [6.45, 7) is 13.5. The van der Waals surface area contributed by atoms with Crippen molar-refractivity contribution >= 4 is 23.0 Å². The van der Waals surface area contributed by atoms with Crippen molar-refractivity contribution in [3.05, 3.63) is 84.7 Å². The third kappa shape index (κ3) is 6.44. The maximum atomic E-state index is 13.2. The molecule has 0 spiro atoms. The summed E-state index contributed by atoms with van der Waals surface area (Å²) in [6.07, 6.45) is 6.85. The molecule has 2 amide bonds. The molecule has 2 N–H and O–H groups in total. The van der Waals surface area contributed by atoms with Gasteiger partial charge in [0, 0.05) is 17.6 Å². The van der Waals surface area contributed by atoms with Crippen LogP contribution in [0.3, 0.4) is 0 Å². The zero-order chi connectivity index (χ0) is 36.5. The zero-order valence-electron chi connectivity index (χ0n) is 31.1. The Morgan fingerprint density at radius 1 is 0.673 bits per heavy atom. The number of H-pyrrole nitrogens is 2. The Kier molecular flexibility index (Phi) is 8.19. The maximum absolute atomic E-state index is 13.2. The lowest BCUT2D eigenvalue weighted by Crippen LogP contribution is -2.40. The Balaban J connectivity index is 1.03. The number of fused-ring (bicyclic) bond motifs is 2. The lowest BCUT2D eigenvalue weighted by Gasteiger charge is -2.30. The van der Waals surface area contributed by atoms with E-state index in [4.69, 9.17) is 19.4 Å². The van der Waals surface area contributed by atoms with Crippen molar-refractivity contribution in [3.63, 3.8) is 0 Å². The molecule has 270 valence electrons. The summed E-state index contributed by atoms with van der Waals surface area (Å²) in [5, 5.41) is 2.26. The molecule has 8 rings (SSSR count). The molecule has 0 radical (unpaired) electrons. The van der Waals surface area contributed by atoms with E-state index in [9.17, 15) is 9.59 Å². The first-order valence-electron chi connectivity index (χ1n) is 18.5. The standard InChI is InChI=1S/C42H48N6O4/c1-24-14-19-34(47(24)39(49)51-41(2,3)4)37-43-22-32(45-37)26-17-15-25(16-18-26)28-10-8-12-30-29(28)11-9-13-31(30)33-23-44-38(46-33)36-21-27-20-35(27)48(36)40(50)52-42(5,6)7/h8-13,15-18,22-24,27,34-36H,14,19-21H2,1-7H3,(H,43,45)(H,44,46)/t24?,27?,34-,35?,36-/m0/s1. The fourth-order valence-corrected chi connectivity index (χ4v) is 8.07. The molecule has 1 aliphatic carbocycles. The van der Waals surface area contributed by atoms with Gasteiger partial charge in [0.25, 0.3) is 0 Å². The van der Waals surface area contributed by atoms with E-state index >= 15 is 0 Å². The number of carbonyl (C=O) groups excluding carboxylic acids is 2. The third-order valence-corrected chi connectivity index (χ3v) is 10.5. The van der Waals surface area contributed by atoms with Crippen LogP contribution in [0.5, 0.6) is 0 Å². The fraction of sp³-hybridized carbons (Fsp3) is 0.429. The largest absolute Gasteiger partial charge is 0.444 e. The highest BCUT2D eigenvalue weighted by Crippen LogP contribution is 2.53. The molecule has 52 heavy (non-hydrogen) atoms. The Morgan fingerprint density at radius 3 is 1.90 bits per heavy atom. The number of piperidine rings is 1. The summed E-state index contributed by atoms with van der Waals surface area (Å²) in [5.74, 6) is 2.09. The fourth-order valence-electron chi connectivity index (χ4n) is 8.07. The average molecular weight is 701 g/mol. The van der Waals surface area contributed by atoms with Crippen molar-refractivity contribution in [2.75, 3.05) is 0 Å². The van der Waals surface area contributed by atoms with Crippen LogP contribution in [0.2, 0.25) is 0 Å². The van der Waals surface area contributed by atoms with E-state index in [1.807, 2.05) is 63.7 Å². The topological polar surface area (TPSA) is 116 Å². The van der Waals surface area contributed by atoms with Gasteiger partial charge in [0.1, 0.15) is 22.9 Å². The van der Waals surface area contributed by atoms with Gasteiger partial charge < -0.3 is 19.4 Å². The molecule has 3 aromatic carbocycles. The monoisotopic (exact) mass is 700 g/mol. The molecule has 3 fully saturated rings. The number of benzene rings is 3. The van der Waals surface area contributed by atoms with Crippen LogP contribution in [0.15, 0.2) is 73.1 Å². The molecule has 2 saturated heterocycles. The second kappa shape index (κ2) is 12.5. The molecule has 0 bridgehead atoms. The van der Waals surface area contributed by atoms with Crippen molar-refractivity contribution in [2.45, 2.75) is 110 Å². The van der Waals surface area contributed by atoms with Crippen LogP contribution in [-0.4, -0.2) is 65.2 Å². The molecular weight excluding hydrogens is 653 g/mol. The average Bonchev–Trinajstić information content (AvgIpc) is 3.57. The van der Waals surface area contributed by atoms with Crippen LogP contribution in [0, 0.1) is 5.92 Å². The van der Waals surface area contributed by atoms with Gasteiger partial charge in [0.05, 0.1) is 35.9 Å². The SMILES string of the molecule is CC1CC[C@@H](c2ncc(-c3ccc(-c4cccc5c(-c6cnc([C@@H]7CC8CC8N7C(=O)OC(C)(C)C)[nH]6)cccc45)cc3)[nH]2)N1C(=O)OC(C)(C)C. The molecule has 10 nitrogen and oxygen atoms in total. The Morgan fingerprint density at radius 2 is 1.23 bits per heavy atom. The maximum Gasteiger partial charge on any atom is 0.411 e. The van der Waals surface area contributed by atoms with E-state index in [1.54, 1.807) is 0 Å². The van der Waals surface area contributed by atoms with Crippen LogP contribution < -0.4 is 0 Å². The van der Waals surface area contributed by atoms with E-state index in [0.29, 0.717) is 5.92 Å². The number of nitrogens with one attached hydrogen (secondary N) is 2. The first kappa shape index (κ1) is 34.0. The number of aromatic nitrogens is 4. The molecule has 5 aromatic rings. The van der Waals surface area contributed by atoms with Gasteiger partial charge in [0.15, 0.2) is 0 Å². The van der Waals surface area contributed by atoms with Crippen molar-refractivity contribution < 1.29 is 19.1 Å². The van der Waals surface area contributed by atoms with Gasteiger partial charge in [-0.1, -0.05) is 60.7 Å². The van der Waals surface area contributed by atoms with Crippen molar-refractivity contribution in [2.24, 2.45) is 5.92 Å². The predicted octanol–water partition coefficient (Wildman–Crippen LogP) is 9.82. The molecule has 4 heterocycles. The van der Waals surface area contributed by atoms with Gasteiger partial charge in [0.2, 0.25) is 0 Å². The number of carbonyl (C=O) groups is 2. The van der Waals surface area contributed by atoms with Crippen LogP contribution in [0.4, 0.5) is 9.59 Å². The smallest absolute Gasteiger partial charge is 0.411 e. The second-order valence-electron chi connectivity index (χ2n) is 16.7. The number of likely N-dealkylation sites (tertiary alicyclic amines) is 2. The predicted molar refractivity (Wildman–Crippen MR) is 201 cm³/mol. The van der Waals surface area contributed by atoms with Crippen LogP contribution >= 0.6 is 0 Å². The van der Waals surface area contributed by atoms with Gasteiger partial charge >= 0.3 is 12.2 Å². The molecule has 5 atom stereocenters. The number of imidazole rings is 2. The van der Waals surface area contributed by atoms with Crippen LogP contribution in [0.25, 0.3) is 44.4 Å². The number of rotatable bonds is 5. The van der Waals surface area contributed by atoms with Gasteiger partial charge in [-0.05, 0) is 108 Å². The number of amides is 2. The van der Waals surface area contributed by atoms with Crippen LogP contribution in [0.1, 0.15) is 97.9 Å². The lowest BCUT2D eigenvalue weighted by atomic mass is 9.94. The van der Waals surface area contributed by atoms with E-state index in [0.717, 1.165) is 81.7 Å². The summed E-state index contributed by atoms with van der Waals surface area (Å²) in [5.41, 5.74) is 5.05. The Hall–Kier alpha value is -5.12. The van der Waals surface area contributed by atoms with Crippen LogP contribution in [-0.2, 0) is 9.47 Å². The second-order valence-corrected chi connectivity index (χ2v) is 16.7. The summed E-state index contributed by atoms with van der Waals surface area (Å²) in [4.78, 5) is 46.6. The van der Waals surface area contributed by atoms with E-state index in [1.165, 1.54) is 0 Å². The molecule has 2 aromatic heterocycles. The molecule has 3 unspecified atom stereocenters. The summed E-state index contributed by atoms with van der Waals surface area (Å²) < 4.78 is 11.5. The number of ether oxygens (including phenoxy) is 2. The van der Waals surface area contributed by atoms with Gasteiger partial charge in [-0.15, -0.1) is 0 Å². The van der Waals surface area contributed by atoms with Crippen molar-refractivity contribution in [3.8, 4) is 33.6 Å². The minimum Gasteiger partial charge on any atom is -0.444 e. The van der Waals surface area contributed by atoms with Gasteiger partial charge in [-0.2, -0.15) is 0 Å². The number of hydrogen-bond donors (Lipinski definition) is 2. The van der Waals surface area contributed by atoms with E-state index in [-0.39, 0.29) is 36.4 Å². The van der Waals surface area contributed by atoms with E-state index < -0.39 is 11.2 Å². The van der Waals surface area contributed by atoms with Gasteiger partial charge in [-0.3, -0.25) is 9.80 Å². The molecule has 3 aliphatic rings. The zero-order valence-corrected chi connectivity index (χ0v) is 31.1. The van der Waals surface area contributed by atoms with Gasteiger partial charge in [-0.25, -0.2) is 19.6 Å². The highest BCUT2D eigenvalue weighted by atomic mass is 16.6. The minimum atomic E-state index is -0.559. The molecule has 10 heteroatoms. The Labute approximate surface area is 304 Å². The number of hydrogen-bond acceptors (Lipinski definition) is 6. The molecule has 2 aliphatic heterocycles. The normalized spacial score (nSPS) is 22.9. The highest BCUT2D eigenvalue weighted by Gasteiger charge is 2.56. The molecule has 1 saturated carbocycles. The summed E-state index contributed by atoms with van der Waals surface area (Å²) >= 11 is 0. The quantitative estimate of drug-likeness (QED) is 0.189. The lowest BCUT2D eigenvalue weighted by molar-refractivity contribution is 0.0147. The Bertz CT molecular complexity index is 2140. The van der Waals surface area contributed by atoms with Crippen molar-refractivity contribution in [1.82, 2.24) is 29.7 Å². The minimum absolute atomic E-state index is 0.0801. The first-order valence-corrected chi connectivity index (χ1v) is 18.5. The highest BCUT2D eigenvalue weighted by molar-refractivity contribution is 6.04. The van der Waals surface area contributed by atoms with E-state index in [2.05, 4.69) is 77.6 Å². The first-order chi connectivity index (χ1) is 24.7. The summed E-state index contributed by atoms with van der Waals surface area (Å²) in [7, 11) is 0.